The van der Waals surface area contributed by atoms with Crippen LogP contribution in [0.5, 0.6) is 5.75 Å². The zero-order valence-electron chi connectivity index (χ0n) is 16.0. The molecule has 1 aliphatic rings. The molecule has 0 fully saturated rings. The van der Waals surface area contributed by atoms with Gasteiger partial charge in [0.1, 0.15) is 5.75 Å². The Morgan fingerprint density at radius 2 is 2.10 bits per heavy atom. The van der Waals surface area contributed by atoms with Crippen LogP contribution in [-0.4, -0.2) is 34.2 Å². The minimum Gasteiger partial charge on any atom is -0.482 e. The fourth-order valence-electron chi connectivity index (χ4n) is 3.69. The summed E-state index contributed by atoms with van der Waals surface area (Å²) in [5.41, 5.74) is 3.73. The van der Waals surface area contributed by atoms with Crippen LogP contribution in [0.25, 0.3) is 22.3 Å². The number of rotatable bonds is 5. The van der Waals surface area contributed by atoms with Gasteiger partial charge in [-0.05, 0) is 36.2 Å². The van der Waals surface area contributed by atoms with Crippen molar-refractivity contribution in [3.63, 3.8) is 0 Å². The minimum atomic E-state index is -0.0374. The predicted octanol–water partition coefficient (Wildman–Crippen LogP) is 3.94. The SMILES string of the molecule is CCCN1C(=O)COc2ccc(-c3noc(Cc4c[nH]c5ccccc45)n3)cc21. The zero-order valence-corrected chi connectivity index (χ0v) is 16.0. The van der Waals surface area contributed by atoms with Crippen LogP contribution in [-0.2, 0) is 11.2 Å². The Morgan fingerprint density at radius 1 is 1.21 bits per heavy atom. The number of aromatic amines is 1. The van der Waals surface area contributed by atoms with Crippen LogP contribution in [0.3, 0.4) is 0 Å². The first-order valence-corrected chi connectivity index (χ1v) is 9.68. The number of hydrogen-bond acceptors (Lipinski definition) is 5. The smallest absolute Gasteiger partial charge is 0.265 e. The molecule has 4 aromatic rings. The summed E-state index contributed by atoms with van der Waals surface area (Å²) < 4.78 is 11.1. The maximum Gasteiger partial charge on any atom is 0.265 e. The summed E-state index contributed by atoms with van der Waals surface area (Å²) in [6, 6.07) is 13.8. The van der Waals surface area contributed by atoms with Crippen molar-refractivity contribution in [2.45, 2.75) is 19.8 Å². The highest BCUT2D eigenvalue weighted by atomic mass is 16.5. The molecule has 1 N–H and O–H groups in total. The highest BCUT2D eigenvalue weighted by Gasteiger charge is 2.25. The van der Waals surface area contributed by atoms with Gasteiger partial charge in [0.25, 0.3) is 5.91 Å². The van der Waals surface area contributed by atoms with E-state index >= 15 is 0 Å². The third-order valence-corrected chi connectivity index (χ3v) is 5.09. The van der Waals surface area contributed by atoms with E-state index in [1.807, 2.05) is 49.5 Å². The van der Waals surface area contributed by atoms with Crippen molar-refractivity contribution in [2.24, 2.45) is 0 Å². The van der Waals surface area contributed by atoms with Crippen LogP contribution < -0.4 is 9.64 Å². The molecule has 2 aromatic carbocycles. The third kappa shape index (κ3) is 3.14. The van der Waals surface area contributed by atoms with Crippen LogP contribution >= 0.6 is 0 Å². The summed E-state index contributed by atoms with van der Waals surface area (Å²) in [7, 11) is 0. The van der Waals surface area contributed by atoms with Crippen LogP contribution in [0.4, 0.5) is 5.69 Å². The maximum atomic E-state index is 12.2. The van der Waals surface area contributed by atoms with E-state index in [0.29, 0.717) is 30.4 Å². The Morgan fingerprint density at radius 3 is 3.00 bits per heavy atom. The van der Waals surface area contributed by atoms with Gasteiger partial charge in [0.2, 0.25) is 11.7 Å². The van der Waals surface area contributed by atoms with Crippen molar-refractivity contribution in [2.75, 3.05) is 18.1 Å². The maximum absolute atomic E-state index is 12.2. The Balaban J connectivity index is 1.44. The van der Waals surface area contributed by atoms with Gasteiger partial charge in [0.05, 0.1) is 12.1 Å². The number of nitrogens with one attached hydrogen (secondary N) is 1. The summed E-state index contributed by atoms with van der Waals surface area (Å²) >= 11 is 0. The van der Waals surface area contributed by atoms with Crippen LogP contribution in [0.1, 0.15) is 24.8 Å². The lowest BCUT2D eigenvalue weighted by atomic mass is 10.1. The van der Waals surface area contributed by atoms with Crippen LogP contribution in [0.2, 0.25) is 0 Å². The first-order valence-electron chi connectivity index (χ1n) is 9.68. The number of anilines is 1. The van der Waals surface area contributed by atoms with E-state index in [4.69, 9.17) is 9.26 Å². The standard InChI is InChI=1S/C22H20N4O3/c1-2-9-26-18-10-14(7-8-19(18)28-13-21(26)27)22-24-20(29-25-22)11-15-12-23-17-6-4-3-5-16(15)17/h3-8,10,12,23H,2,9,11,13H2,1H3. The molecule has 0 saturated carbocycles. The molecule has 0 aliphatic carbocycles. The summed E-state index contributed by atoms with van der Waals surface area (Å²) in [6.45, 7) is 2.77. The average Bonchev–Trinajstić information content (AvgIpc) is 3.38. The third-order valence-electron chi connectivity index (χ3n) is 5.09. The molecule has 146 valence electrons. The molecule has 7 heteroatoms. The van der Waals surface area contributed by atoms with E-state index in [9.17, 15) is 4.79 Å². The molecule has 1 aliphatic heterocycles. The van der Waals surface area contributed by atoms with Crippen molar-refractivity contribution in [3.05, 3.63) is 60.1 Å². The van der Waals surface area contributed by atoms with E-state index < -0.39 is 0 Å². The fourth-order valence-corrected chi connectivity index (χ4v) is 3.69. The Labute approximate surface area is 167 Å². The van der Waals surface area contributed by atoms with Crippen LogP contribution in [0.15, 0.2) is 53.2 Å². The Kier molecular flexibility index (Phi) is 4.27. The largest absolute Gasteiger partial charge is 0.482 e. The summed E-state index contributed by atoms with van der Waals surface area (Å²) in [5, 5.41) is 5.29. The molecule has 0 spiro atoms. The minimum absolute atomic E-state index is 0.0374. The Hall–Kier alpha value is -3.61. The lowest BCUT2D eigenvalue weighted by Gasteiger charge is -2.29. The van der Waals surface area contributed by atoms with E-state index in [2.05, 4.69) is 21.2 Å². The monoisotopic (exact) mass is 388 g/mol. The molecule has 0 saturated heterocycles. The second kappa shape index (κ2) is 7.09. The van der Waals surface area contributed by atoms with Crippen molar-refractivity contribution in [1.29, 1.82) is 0 Å². The number of amides is 1. The Bertz CT molecular complexity index is 1190. The summed E-state index contributed by atoms with van der Waals surface area (Å²) in [4.78, 5) is 21.8. The molecule has 7 nitrogen and oxygen atoms in total. The summed E-state index contributed by atoms with van der Waals surface area (Å²) in [5.74, 6) is 1.70. The first-order chi connectivity index (χ1) is 14.2. The van der Waals surface area contributed by atoms with Gasteiger partial charge in [-0.2, -0.15) is 4.98 Å². The second-order valence-electron chi connectivity index (χ2n) is 7.06. The molecule has 0 radical (unpaired) electrons. The molecule has 5 rings (SSSR count). The topological polar surface area (TPSA) is 84.3 Å². The van der Waals surface area contributed by atoms with E-state index in [0.717, 1.165) is 34.1 Å². The van der Waals surface area contributed by atoms with Crippen molar-refractivity contribution in [3.8, 4) is 17.1 Å². The quantitative estimate of drug-likeness (QED) is 0.560. The van der Waals surface area contributed by atoms with E-state index in [-0.39, 0.29) is 12.5 Å². The zero-order chi connectivity index (χ0) is 19.8. The lowest BCUT2D eigenvalue weighted by Crippen LogP contribution is -2.39. The number of aromatic nitrogens is 3. The van der Waals surface area contributed by atoms with Crippen molar-refractivity contribution < 1.29 is 14.1 Å². The number of nitrogens with zero attached hydrogens (tertiary/aromatic N) is 3. The van der Waals surface area contributed by atoms with Gasteiger partial charge in [-0.3, -0.25) is 4.79 Å². The average molecular weight is 388 g/mol. The van der Waals surface area contributed by atoms with Crippen molar-refractivity contribution in [1.82, 2.24) is 15.1 Å². The van der Waals surface area contributed by atoms with Gasteiger partial charge >= 0.3 is 0 Å². The predicted molar refractivity (Wildman–Crippen MR) is 109 cm³/mol. The fraction of sp³-hybridized carbons (Fsp3) is 0.227. The number of carbonyl (C=O) groups is 1. The molecule has 1 amide bonds. The normalized spacial score (nSPS) is 13.6. The molecule has 0 atom stereocenters. The lowest BCUT2D eigenvalue weighted by molar-refractivity contribution is -0.121. The number of H-pyrrole nitrogens is 1. The molecule has 0 bridgehead atoms. The highest BCUT2D eigenvalue weighted by molar-refractivity contribution is 5.98. The molecule has 2 aromatic heterocycles. The van der Waals surface area contributed by atoms with E-state index in [1.165, 1.54) is 0 Å². The van der Waals surface area contributed by atoms with Gasteiger partial charge in [-0.15, -0.1) is 0 Å². The van der Waals surface area contributed by atoms with E-state index in [1.54, 1.807) is 4.90 Å². The number of ether oxygens (including phenoxy) is 1. The number of carbonyl (C=O) groups excluding carboxylic acids is 1. The molecular weight excluding hydrogens is 368 g/mol. The first kappa shape index (κ1) is 17.5. The summed E-state index contributed by atoms with van der Waals surface area (Å²) in [6.07, 6.45) is 3.39. The van der Waals surface area contributed by atoms with Gasteiger partial charge in [-0.25, -0.2) is 0 Å². The molecule has 3 heterocycles. The van der Waals surface area contributed by atoms with Crippen LogP contribution in [0, 0.1) is 0 Å². The van der Waals surface area contributed by atoms with Gasteiger partial charge in [0, 0.05) is 29.2 Å². The number of fused-ring (bicyclic) bond motifs is 2. The number of hydrogen-bond donors (Lipinski definition) is 1. The van der Waals surface area contributed by atoms with Crippen molar-refractivity contribution >= 4 is 22.5 Å². The number of para-hydroxylation sites is 1. The second-order valence-corrected chi connectivity index (χ2v) is 7.06. The van der Waals surface area contributed by atoms with Gasteiger partial charge in [-0.1, -0.05) is 30.3 Å². The number of benzene rings is 2. The molecular formula is C22H20N4O3. The highest BCUT2D eigenvalue weighted by Crippen LogP contribution is 2.35. The van der Waals surface area contributed by atoms with Gasteiger partial charge in [0.15, 0.2) is 6.61 Å². The molecule has 0 unspecified atom stereocenters. The van der Waals surface area contributed by atoms with Gasteiger partial charge < -0.3 is 19.1 Å². The molecule has 29 heavy (non-hydrogen) atoms.